The van der Waals surface area contributed by atoms with Gasteiger partial charge in [-0.15, -0.1) is 6.58 Å². The lowest BCUT2D eigenvalue weighted by molar-refractivity contribution is -0.156. The number of hydrogen-bond donors (Lipinski definition) is 0. The fraction of sp³-hybridized carbons (Fsp3) is 0.500. The van der Waals surface area contributed by atoms with Crippen LogP contribution in [0.3, 0.4) is 0 Å². The van der Waals surface area contributed by atoms with Gasteiger partial charge < -0.3 is 14.2 Å². The van der Waals surface area contributed by atoms with Crippen molar-refractivity contribution in [2.45, 2.75) is 45.8 Å². The summed E-state index contributed by atoms with van der Waals surface area (Å²) in [6.07, 6.45) is 6.20. The second kappa shape index (κ2) is 12.4. The average molecular weight is 360 g/mol. The molecule has 0 spiro atoms. The number of rotatable bonds is 12. The third-order valence-corrected chi connectivity index (χ3v) is 4.57. The van der Waals surface area contributed by atoms with Gasteiger partial charge in [-0.25, -0.2) is 4.79 Å². The number of esters is 1. The zero-order valence-corrected chi connectivity index (χ0v) is 16.4. The highest BCUT2D eigenvalue weighted by atomic mass is 16.7. The Morgan fingerprint density at radius 2 is 1.92 bits per heavy atom. The van der Waals surface area contributed by atoms with Crippen LogP contribution in [0.4, 0.5) is 0 Å². The van der Waals surface area contributed by atoms with Gasteiger partial charge >= 0.3 is 5.97 Å². The van der Waals surface area contributed by atoms with Crippen LogP contribution >= 0.6 is 0 Å². The highest BCUT2D eigenvalue weighted by Gasteiger charge is 2.31. The summed E-state index contributed by atoms with van der Waals surface area (Å²) in [6, 6.07) is 9.66. The number of carbonyl (C=O) groups excluding carboxylic acids is 1. The lowest BCUT2D eigenvalue weighted by atomic mass is 9.86. The van der Waals surface area contributed by atoms with Gasteiger partial charge in [0.05, 0.1) is 6.10 Å². The Kier molecular flexibility index (Phi) is 10.6. The maximum absolute atomic E-state index is 12.3. The summed E-state index contributed by atoms with van der Waals surface area (Å²) in [5.74, 6) is -0.0135. The third kappa shape index (κ3) is 7.54. The van der Waals surface area contributed by atoms with Crippen LogP contribution in [0.25, 0.3) is 6.08 Å². The van der Waals surface area contributed by atoms with E-state index < -0.39 is 0 Å². The Bertz CT molecular complexity index is 553. The molecule has 0 amide bonds. The van der Waals surface area contributed by atoms with E-state index in [1.165, 1.54) is 6.08 Å². The third-order valence-electron chi connectivity index (χ3n) is 4.57. The van der Waals surface area contributed by atoms with E-state index in [1.54, 1.807) is 19.3 Å². The molecule has 0 aliphatic carbocycles. The fourth-order valence-electron chi connectivity index (χ4n) is 2.88. The summed E-state index contributed by atoms with van der Waals surface area (Å²) in [6.45, 7) is 10.3. The van der Waals surface area contributed by atoms with Crippen molar-refractivity contribution in [2.24, 2.45) is 11.8 Å². The van der Waals surface area contributed by atoms with Gasteiger partial charge in [-0.1, -0.05) is 63.6 Å². The van der Waals surface area contributed by atoms with Crippen molar-refractivity contribution in [1.29, 1.82) is 0 Å². The zero-order chi connectivity index (χ0) is 19.4. The van der Waals surface area contributed by atoms with Crippen LogP contribution in [-0.2, 0) is 19.0 Å². The van der Waals surface area contributed by atoms with Crippen LogP contribution in [0.5, 0.6) is 0 Å². The molecule has 144 valence electrons. The van der Waals surface area contributed by atoms with Gasteiger partial charge in [0, 0.05) is 25.5 Å². The number of methoxy groups -OCH3 is 1. The van der Waals surface area contributed by atoms with Crippen molar-refractivity contribution >= 4 is 12.0 Å². The maximum Gasteiger partial charge on any atom is 0.331 e. The Morgan fingerprint density at radius 3 is 2.50 bits per heavy atom. The highest BCUT2D eigenvalue weighted by Crippen LogP contribution is 2.26. The first-order valence-corrected chi connectivity index (χ1v) is 9.18. The van der Waals surface area contributed by atoms with E-state index in [4.69, 9.17) is 14.2 Å². The van der Waals surface area contributed by atoms with Gasteiger partial charge in [0.15, 0.2) is 0 Å². The summed E-state index contributed by atoms with van der Waals surface area (Å²) in [4.78, 5) is 12.3. The molecule has 1 aromatic carbocycles. The normalized spacial score (nSPS) is 16.0. The molecule has 0 radical (unpaired) electrons. The highest BCUT2D eigenvalue weighted by molar-refractivity contribution is 5.87. The molecule has 0 N–H and O–H groups in total. The molecule has 4 nitrogen and oxygen atoms in total. The summed E-state index contributed by atoms with van der Waals surface area (Å²) in [5.41, 5.74) is 0.957. The minimum absolute atomic E-state index is 0.0205. The van der Waals surface area contributed by atoms with E-state index in [0.29, 0.717) is 12.3 Å². The second-order valence-corrected chi connectivity index (χ2v) is 6.53. The molecular formula is C22H32O4. The van der Waals surface area contributed by atoms with Gasteiger partial charge in [0.25, 0.3) is 0 Å². The molecule has 0 heterocycles. The predicted molar refractivity (Wildman–Crippen MR) is 106 cm³/mol. The first-order valence-electron chi connectivity index (χ1n) is 9.18. The van der Waals surface area contributed by atoms with E-state index in [2.05, 4.69) is 27.4 Å². The Balaban J connectivity index is 2.79. The second-order valence-electron chi connectivity index (χ2n) is 6.53. The summed E-state index contributed by atoms with van der Waals surface area (Å²) in [7, 11) is 1.61. The number of hydrogen-bond acceptors (Lipinski definition) is 4. The number of carbonyl (C=O) groups is 1. The quantitative estimate of drug-likeness (QED) is 0.231. The van der Waals surface area contributed by atoms with E-state index in [-0.39, 0.29) is 30.9 Å². The molecule has 4 atom stereocenters. The molecule has 0 saturated heterocycles. The SMILES string of the molecule is C=CC[C@H](OC(=O)/C=C/c1ccccc1)[C@H](C)[C@H](OCOC)[C@@H](C)CC. The van der Waals surface area contributed by atoms with Gasteiger partial charge in [0.1, 0.15) is 12.9 Å². The molecule has 0 bridgehead atoms. The lowest BCUT2D eigenvalue weighted by Gasteiger charge is -2.33. The molecular weight excluding hydrogens is 328 g/mol. The Labute approximate surface area is 157 Å². The monoisotopic (exact) mass is 360 g/mol. The van der Waals surface area contributed by atoms with Crippen LogP contribution in [0.15, 0.2) is 49.1 Å². The molecule has 0 aliphatic heterocycles. The van der Waals surface area contributed by atoms with Crippen LogP contribution < -0.4 is 0 Å². The lowest BCUT2D eigenvalue weighted by Crippen LogP contribution is -2.38. The van der Waals surface area contributed by atoms with Gasteiger partial charge in [-0.2, -0.15) is 0 Å². The molecule has 0 aromatic heterocycles. The molecule has 26 heavy (non-hydrogen) atoms. The maximum atomic E-state index is 12.3. The smallest absolute Gasteiger partial charge is 0.331 e. The fourth-order valence-corrected chi connectivity index (χ4v) is 2.88. The minimum atomic E-state index is -0.359. The topological polar surface area (TPSA) is 44.8 Å². The van der Waals surface area contributed by atoms with Crippen molar-refractivity contribution in [3.05, 3.63) is 54.6 Å². The standard InChI is InChI=1S/C22H32O4/c1-6-11-20(18(4)22(17(3)7-2)25-16-24-5)26-21(23)15-14-19-12-9-8-10-13-19/h6,8-10,12-15,17-18,20,22H,1,7,11,16H2,2-5H3/b15-14+/t17-,18-,20-,22+/m0/s1. The number of benzene rings is 1. The van der Waals surface area contributed by atoms with Crippen LogP contribution in [-0.4, -0.2) is 32.1 Å². The predicted octanol–water partition coefficient (Wildman–Crippen LogP) is 4.86. The summed E-state index contributed by atoms with van der Waals surface area (Å²) in [5, 5.41) is 0. The van der Waals surface area contributed by atoms with Crippen LogP contribution in [0.2, 0.25) is 0 Å². The van der Waals surface area contributed by atoms with Gasteiger partial charge in [0.2, 0.25) is 0 Å². The van der Waals surface area contributed by atoms with Crippen molar-refractivity contribution in [3.8, 4) is 0 Å². The molecule has 1 aromatic rings. The minimum Gasteiger partial charge on any atom is -0.458 e. The first kappa shape index (κ1) is 22.1. The van der Waals surface area contributed by atoms with Crippen molar-refractivity contribution in [2.75, 3.05) is 13.9 Å². The molecule has 0 aliphatic rings. The van der Waals surface area contributed by atoms with E-state index in [9.17, 15) is 4.79 Å². The molecule has 0 saturated carbocycles. The molecule has 0 unspecified atom stereocenters. The summed E-state index contributed by atoms with van der Waals surface area (Å²) >= 11 is 0. The van der Waals surface area contributed by atoms with Gasteiger partial charge in [-0.3, -0.25) is 0 Å². The Morgan fingerprint density at radius 1 is 1.23 bits per heavy atom. The molecule has 1 rings (SSSR count). The zero-order valence-electron chi connectivity index (χ0n) is 16.4. The first-order chi connectivity index (χ1) is 12.5. The Hall–Kier alpha value is -1.91. The van der Waals surface area contributed by atoms with Crippen molar-refractivity contribution < 1.29 is 19.0 Å². The average Bonchev–Trinajstić information content (AvgIpc) is 2.66. The van der Waals surface area contributed by atoms with E-state index in [0.717, 1.165) is 12.0 Å². The molecule has 4 heteroatoms. The number of ether oxygens (including phenoxy) is 3. The van der Waals surface area contributed by atoms with Gasteiger partial charge in [-0.05, 0) is 17.6 Å². The van der Waals surface area contributed by atoms with E-state index in [1.807, 2.05) is 30.3 Å². The molecule has 0 fully saturated rings. The van der Waals surface area contributed by atoms with E-state index >= 15 is 0 Å². The van der Waals surface area contributed by atoms with Crippen LogP contribution in [0.1, 0.15) is 39.2 Å². The van der Waals surface area contributed by atoms with Crippen molar-refractivity contribution in [1.82, 2.24) is 0 Å². The van der Waals surface area contributed by atoms with Crippen molar-refractivity contribution in [3.63, 3.8) is 0 Å². The largest absolute Gasteiger partial charge is 0.458 e. The van der Waals surface area contributed by atoms with Crippen LogP contribution in [0, 0.1) is 11.8 Å². The summed E-state index contributed by atoms with van der Waals surface area (Å²) < 4.78 is 16.7.